The minimum Gasteiger partial charge on any atom is -0.381 e. The molecule has 0 aliphatic carbocycles. The summed E-state index contributed by atoms with van der Waals surface area (Å²) in [5.41, 5.74) is 0. The molecule has 2 N–H and O–H groups in total. The van der Waals surface area contributed by atoms with Gasteiger partial charge in [-0.2, -0.15) is 15.1 Å². The van der Waals surface area contributed by atoms with Crippen molar-refractivity contribution in [3.05, 3.63) is 18.0 Å². The van der Waals surface area contributed by atoms with Crippen molar-refractivity contribution >= 4 is 12.0 Å². The molecule has 3 heterocycles. The summed E-state index contributed by atoms with van der Waals surface area (Å²) in [7, 11) is 1.70. The van der Waals surface area contributed by atoms with Crippen LogP contribution < -0.4 is 10.6 Å². The second-order valence-electron chi connectivity index (χ2n) is 6.38. The van der Waals surface area contributed by atoms with E-state index in [2.05, 4.69) is 30.9 Å². The number of aromatic nitrogens is 5. The first-order valence-electron chi connectivity index (χ1n) is 8.37. The zero-order valence-corrected chi connectivity index (χ0v) is 14.6. The van der Waals surface area contributed by atoms with Crippen LogP contribution in [0.2, 0.25) is 0 Å². The molecule has 136 valence electrons. The molecule has 2 aromatic rings. The molecule has 1 saturated heterocycles. The van der Waals surface area contributed by atoms with E-state index in [1.54, 1.807) is 7.05 Å². The number of urea groups is 1. The molecule has 1 aliphatic heterocycles. The van der Waals surface area contributed by atoms with Gasteiger partial charge in [0.1, 0.15) is 12.4 Å². The number of nitrogens with zero attached hydrogens (tertiary/aromatic N) is 5. The predicted octanol–water partition coefficient (Wildman–Crippen LogP) is 1.61. The molecule has 0 aromatic carbocycles. The van der Waals surface area contributed by atoms with Crippen molar-refractivity contribution in [2.45, 2.75) is 38.6 Å². The largest absolute Gasteiger partial charge is 0.381 e. The number of rotatable bonds is 5. The van der Waals surface area contributed by atoms with Crippen molar-refractivity contribution in [1.82, 2.24) is 30.2 Å². The smallest absolute Gasteiger partial charge is 0.322 e. The third kappa shape index (κ3) is 4.13. The normalized spacial score (nSPS) is 16.8. The molecular weight excluding hydrogens is 326 g/mol. The highest BCUT2D eigenvalue weighted by atomic mass is 16.5. The van der Waals surface area contributed by atoms with E-state index in [4.69, 9.17) is 9.26 Å². The second-order valence-corrected chi connectivity index (χ2v) is 6.38. The topological polar surface area (TPSA) is 120 Å². The lowest BCUT2D eigenvalue weighted by atomic mass is 9.91. The molecule has 10 nitrogen and oxygen atoms in total. The SMILES string of the molecule is CC(C)c1noc([C@H](NC(=O)Nc2ncnn2C)C2CCOCC2)n1. The number of ether oxygens (including phenoxy) is 1. The van der Waals surface area contributed by atoms with E-state index in [0.717, 1.165) is 12.8 Å². The van der Waals surface area contributed by atoms with Crippen molar-refractivity contribution in [3.63, 3.8) is 0 Å². The van der Waals surface area contributed by atoms with Crippen LogP contribution >= 0.6 is 0 Å². The highest BCUT2D eigenvalue weighted by Gasteiger charge is 2.32. The maximum absolute atomic E-state index is 12.4. The summed E-state index contributed by atoms with van der Waals surface area (Å²) in [6.07, 6.45) is 3.00. The molecule has 25 heavy (non-hydrogen) atoms. The summed E-state index contributed by atoms with van der Waals surface area (Å²) in [5.74, 6) is 1.72. The Balaban J connectivity index is 1.75. The third-order valence-electron chi connectivity index (χ3n) is 4.20. The van der Waals surface area contributed by atoms with Gasteiger partial charge in [0, 0.05) is 26.2 Å². The summed E-state index contributed by atoms with van der Waals surface area (Å²) in [6, 6.07) is -0.769. The maximum atomic E-state index is 12.4. The number of aryl methyl sites for hydroxylation is 1. The van der Waals surface area contributed by atoms with Crippen LogP contribution in [-0.2, 0) is 11.8 Å². The van der Waals surface area contributed by atoms with Gasteiger partial charge in [-0.15, -0.1) is 0 Å². The van der Waals surface area contributed by atoms with Gasteiger partial charge < -0.3 is 14.6 Å². The molecule has 0 saturated carbocycles. The molecule has 3 rings (SSSR count). The average Bonchev–Trinajstić information content (AvgIpc) is 3.23. The van der Waals surface area contributed by atoms with E-state index < -0.39 is 6.03 Å². The molecule has 0 radical (unpaired) electrons. The van der Waals surface area contributed by atoms with Gasteiger partial charge in [0.15, 0.2) is 5.82 Å². The minimum absolute atomic E-state index is 0.153. The summed E-state index contributed by atoms with van der Waals surface area (Å²) in [5, 5.41) is 13.6. The number of nitrogens with one attached hydrogen (secondary N) is 2. The molecule has 10 heteroatoms. The number of hydrogen-bond donors (Lipinski definition) is 2. The van der Waals surface area contributed by atoms with Crippen molar-refractivity contribution in [3.8, 4) is 0 Å². The molecule has 0 unspecified atom stereocenters. The van der Waals surface area contributed by atoms with Gasteiger partial charge in [-0.25, -0.2) is 9.48 Å². The van der Waals surface area contributed by atoms with Crippen LogP contribution in [0.5, 0.6) is 0 Å². The van der Waals surface area contributed by atoms with Crippen molar-refractivity contribution in [2.75, 3.05) is 18.5 Å². The third-order valence-corrected chi connectivity index (χ3v) is 4.20. The molecule has 2 aromatic heterocycles. The Labute approximate surface area is 145 Å². The van der Waals surface area contributed by atoms with Crippen molar-refractivity contribution in [1.29, 1.82) is 0 Å². The number of carbonyl (C=O) groups excluding carboxylic acids is 1. The monoisotopic (exact) mass is 349 g/mol. The zero-order chi connectivity index (χ0) is 17.8. The van der Waals surface area contributed by atoms with Gasteiger partial charge >= 0.3 is 6.03 Å². The fourth-order valence-electron chi connectivity index (χ4n) is 2.73. The molecule has 0 bridgehead atoms. The van der Waals surface area contributed by atoms with Gasteiger partial charge in [0.05, 0.1) is 0 Å². The Kier molecular flexibility index (Phi) is 5.27. The Morgan fingerprint density at radius 2 is 2.12 bits per heavy atom. The van der Waals surface area contributed by atoms with Gasteiger partial charge in [0.25, 0.3) is 0 Å². The molecule has 1 aliphatic rings. The van der Waals surface area contributed by atoms with Crippen LogP contribution in [0.25, 0.3) is 0 Å². The lowest BCUT2D eigenvalue weighted by molar-refractivity contribution is 0.0506. The van der Waals surface area contributed by atoms with E-state index in [-0.39, 0.29) is 17.9 Å². The average molecular weight is 349 g/mol. The molecule has 1 atom stereocenters. The zero-order valence-electron chi connectivity index (χ0n) is 14.6. The van der Waals surface area contributed by atoms with Crippen LogP contribution in [0.15, 0.2) is 10.9 Å². The van der Waals surface area contributed by atoms with E-state index in [1.807, 2.05) is 13.8 Å². The minimum atomic E-state index is -0.392. The number of carbonyl (C=O) groups is 1. The van der Waals surface area contributed by atoms with Crippen LogP contribution in [0, 0.1) is 5.92 Å². The second kappa shape index (κ2) is 7.60. The van der Waals surface area contributed by atoms with Crippen molar-refractivity contribution in [2.24, 2.45) is 13.0 Å². The molecular formula is C15H23N7O3. The van der Waals surface area contributed by atoms with Crippen LogP contribution in [0.1, 0.15) is 50.4 Å². The Morgan fingerprint density at radius 3 is 2.72 bits per heavy atom. The van der Waals surface area contributed by atoms with Crippen LogP contribution in [0.4, 0.5) is 10.7 Å². The fraction of sp³-hybridized carbons (Fsp3) is 0.667. The van der Waals surface area contributed by atoms with E-state index in [9.17, 15) is 4.79 Å². The first-order chi connectivity index (χ1) is 12.0. The lowest BCUT2D eigenvalue weighted by Gasteiger charge is -2.28. The molecule has 0 spiro atoms. The molecule has 2 amide bonds. The standard InChI is InChI=1S/C15H23N7O3/c1-9(2)12-19-13(25-21-12)11(10-4-6-24-7-5-10)18-15(23)20-14-16-8-17-22(14)3/h8-11H,4-7H2,1-3H3,(H2,16,17,18,20,23)/t11-/m1/s1. The lowest BCUT2D eigenvalue weighted by Crippen LogP contribution is -2.39. The van der Waals surface area contributed by atoms with E-state index >= 15 is 0 Å². The highest BCUT2D eigenvalue weighted by molar-refractivity contribution is 5.87. The molecule has 1 fully saturated rings. The quantitative estimate of drug-likeness (QED) is 0.841. The van der Waals surface area contributed by atoms with E-state index in [0.29, 0.717) is 30.9 Å². The van der Waals surface area contributed by atoms with Crippen LogP contribution in [0.3, 0.4) is 0 Å². The maximum Gasteiger partial charge on any atom is 0.322 e. The van der Waals surface area contributed by atoms with Gasteiger partial charge in [0.2, 0.25) is 11.8 Å². The van der Waals surface area contributed by atoms with Crippen molar-refractivity contribution < 1.29 is 14.1 Å². The summed E-state index contributed by atoms with van der Waals surface area (Å²) >= 11 is 0. The van der Waals surface area contributed by atoms with Crippen LogP contribution in [-0.4, -0.2) is 44.1 Å². The fourth-order valence-corrected chi connectivity index (χ4v) is 2.73. The highest BCUT2D eigenvalue weighted by Crippen LogP contribution is 2.30. The Morgan fingerprint density at radius 1 is 1.36 bits per heavy atom. The Bertz CT molecular complexity index is 706. The first kappa shape index (κ1) is 17.3. The number of amides is 2. The first-order valence-corrected chi connectivity index (χ1v) is 8.37. The summed E-state index contributed by atoms with van der Waals surface area (Å²) in [4.78, 5) is 20.8. The number of hydrogen-bond acceptors (Lipinski definition) is 7. The summed E-state index contributed by atoms with van der Waals surface area (Å²) < 4.78 is 12.3. The Hall–Kier alpha value is -2.49. The van der Waals surface area contributed by atoms with Gasteiger partial charge in [-0.05, 0) is 18.8 Å². The number of anilines is 1. The van der Waals surface area contributed by atoms with Gasteiger partial charge in [-0.1, -0.05) is 19.0 Å². The van der Waals surface area contributed by atoms with E-state index in [1.165, 1.54) is 11.0 Å². The predicted molar refractivity (Wildman–Crippen MR) is 87.8 cm³/mol. The van der Waals surface area contributed by atoms with Gasteiger partial charge in [-0.3, -0.25) is 5.32 Å². The summed E-state index contributed by atoms with van der Waals surface area (Å²) in [6.45, 7) is 5.29.